The van der Waals surface area contributed by atoms with Gasteiger partial charge in [0, 0.05) is 13.0 Å². The smallest absolute Gasteiger partial charge is 0.466 e. The number of carboxylic acids is 1. The van der Waals surface area contributed by atoms with Crippen molar-refractivity contribution in [2.24, 2.45) is 0 Å². The minimum atomic E-state index is -4.64. The Morgan fingerprint density at radius 3 is 1.50 bits per heavy atom. The number of carbonyl (C=O) groups is 2. The molecule has 0 aromatic rings. The molecule has 0 aliphatic carbocycles. The Bertz CT molecular complexity index is 270. The van der Waals surface area contributed by atoms with E-state index < -0.39 is 13.8 Å². The number of phosphoric acid groups is 1. The lowest BCUT2D eigenvalue weighted by atomic mass is 10.7. The zero-order valence-electron chi connectivity index (χ0n) is 8.44. The van der Waals surface area contributed by atoms with Crippen molar-refractivity contribution in [1.29, 1.82) is 0 Å². The van der Waals surface area contributed by atoms with Gasteiger partial charge in [0.1, 0.15) is 0 Å². The van der Waals surface area contributed by atoms with E-state index in [0.29, 0.717) is 0 Å². The number of ether oxygens (including phenoxy) is 1. The zero-order chi connectivity index (χ0) is 13.8. The molecule has 0 spiro atoms. The Balaban J connectivity index is -0.000000160. The fourth-order valence-corrected chi connectivity index (χ4v) is 0.117. The molecule has 0 aromatic heterocycles. The van der Waals surface area contributed by atoms with E-state index in [-0.39, 0.29) is 5.97 Å². The number of rotatable bonds is 2. The average Bonchev–Trinajstić information content (AvgIpc) is 2.01. The summed E-state index contributed by atoms with van der Waals surface area (Å²) in [7, 11) is -4.64. The number of hydrogen-bond donors (Lipinski definition) is 4. The lowest BCUT2D eigenvalue weighted by molar-refractivity contribution is -0.135. The maximum absolute atomic E-state index is 9.75. The van der Waals surface area contributed by atoms with Gasteiger partial charge in [0.25, 0.3) is 0 Å². The minimum Gasteiger partial charge on any atom is -0.478 e. The summed E-state index contributed by atoms with van der Waals surface area (Å²) in [5.74, 6) is -1.31. The van der Waals surface area contributed by atoms with E-state index in [2.05, 4.69) is 17.9 Å². The van der Waals surface area contributed by atoms with E-state index >= 15 is 0 Å². The summed E-state index contributed by atoms with van der Waals surface area (Å²) in [4.78, 5) is 40.6. The van der Waals surface area contributed by atoms with Crippen LogP contribution >= 0.6 is 7.82 Å². The van der Waals surface area contributed by atoms with Crippen molar-refractivity contribution >= 4 is 19.8 Å². The summed E-state index contributed by atoms with van der Waals surface area (Å²) < 4.78 is 13.0. The van der Waals surface area contributed by atoms with Gasteiger partial charge in [0.2, 0.25) is 0 Å². The molecule has 8 nitrogen and oxygen atoms in total. The molecule has 0 aliphatic heterocycles. The SMILES string of the molecule is C=CC(=O)O.C=COC(C)=O.O=P(O)(O)O. The van der Waals surface area contributed by atoms with Crippen molar-refractivity contribution in [2.75, 3.05) is 0 Å². The van der Waals surface area contributed by atoms with Gasteiger partial charge in [-0.15, -0.1) is 0 Å². The van der Waals surface area contributed by atoms with E-state index in [0.717, 1.165) is 12.3 Å². The van der Waals surface area contributed by atoms with Crippen LogP contribution in [0.1, 0.15) is 6.92 Å². The number of aliphatic carboxylic acids is 1. The highest BCUT2D eigenvalue weighted by molar-refractivity contribution is 7.45. The largest absolute Gasteiger partial charge is 0.478 e. The van der Waals surface area contributed by atoms with Crippen molar-refractivity contribution in [1.82, 2.24) is 0 Å². The highest BCUT2D eigenvalue weighted by atomic mass is 31.2. The highest BCUT2D eigenvalue weighted by Crippen LogP contribution is 2.25. The molecular formula is C7H13O8P. The Morgan fingerprint density at radius 2 is 1.50 bits per heavy atom. The van der Waals surface area contributed by atoms with Gasteiger partial charge < -0.3 is 24.5 Å². The van der Waals surface area contributed by atoms with Crippen LogP contribution in [0, 0.1) is 0 Å². The molecule has 94 valence electrons. The van der Waals surface area contributed by atoms with Gasteiger partial charge in [-0.05, 0) is 0 Å². The first-order valence-corrected chi connectivity index (χ1v) is 5.02. The summed E-state index contributed by atoms with van der Waals surface area (Å²) in [6, 6.07) is 0. The van der Waals surface area contributed by atoms with E-state index in [9.17, 15) is 9.59 Å². The summed E-state index contributed by atoms with van der Waals surface area (Å²) in [5, 5.41) is 7.60. The Hall–Kier alpha value is -1.47. The van der Waals surface area contributed by atoms with Crippen molar-refractivity contribution in [2.45, 2.75) is 6.92 Å². The van der Waals surface area contributed by atoms with Gasteiger partial charge in [0.15, 0.2) is 0 Å². The van der Waals surface area contributed by atoms with Crippen molar-refractivity contribution in [3.63, 3.8) is 0 Å². The number of carbonyl (C=O) groups excluding carboxylic acids is 1. The Kier molecular flexibility index (Phi) is 14.5. The molecule has 0 bridgehead atoms. The number of esters is 1. The van der Waals surface area contributed by atoms with Crippen LogP contribution in [0.25, 0.3) is 0 Å². The molecule has 0 aliphatic rings. The molecule has 9 heteroatoms. The van der Waals surface area contributed by atoms with E-state index in [1.165, 1.54) is 6.92 Å². The topological polar surface area (TPSA) is 141 Å². The second kappa shape index (κ2) is 11.6. The molecule has 0 radical (unpaired) electrons. The van der Waals surface area contributed by atoms with E-state index in [1.54, 1.807) is 0 Å². The average molecular weight is 256 g/mol. The molecule has 0 heterocycles. The molecule has 0 atom stereocenters. The van der Waals surface area contributed by atoms with Gasteiger partial charge in [-0.3, -0.25) is 4.79 Å². The van der Waals surface area contributed by atoms with Gasteiger partial charge in [0.05, 0.1) is 6.26 Å². The molecule has 0 rings (SSSR count). The normalized spacial score (nSPS) is 8.25. The van der Waals surface area contributed by atoms with Crippen molar-refractivity contribution in [3.05, 3.63) is 25.5 Å². The predicted molar refractivity (Wildman–Crippen MR) is 54.1 cm³/mol. The summed E-state index contributed by atoms with van der Waals surface area (Å²) in [5.41, 5.74) is 0. The second-order valence-electron chi connectivity index (χ2n) is 1.83. The van der Waals surface area contributed by atoms with Crippen LogP contribution in [0.2, 0.25) is 0 Å². The molecule has 0 fully saturated rings. The Labute approximate surface area is 91.7 Å². The van der Waals surface area contributed by atoms with Crippen molar-refractivity contribution < 1.29 is 38.7 Å². The van der Waals surface area contributed by atoms with Gasteiger partial charge >= 0.3 is 19.8 Å². The fourth-order valence-electron chi connectivity index (χ4n) is 0.117. The lowest BCUT2D eigenvalue weighted by Gasteiger charge is -1.83. The first kappa shape index (κ1) is 20.0. The number of hydrogen-bond acceptors (Lipinski definition) is 4. The van der Waals surface area contributed by atoms with Crippen LogP contribution < -0.4 is 0 Å². The molecule has 16 heavy (non-hydrogen) atoms. The standard InChI is InChI=1S/C4H6O2.C3H4O2.H3O4P/c1-3-6-4(2)5;1-2-3(4)5;1-5(2,3)4/h3H,1H2,2H3;2H,1H2,(H,4,5);(H3,1,2,3,4). The third-order valence-corrected chi connectivity index (χ3v) is 0.424. The first-order chi connectivity index (χ1) is 7.04. The summed E-state index contributed by atoms with van der Waals surface area (Å²) in [6.07, 6.45) is 1.93. The lowest BCUT2D eigenvalue weighted by Crippen LogP contribution is -1.87. The minimum absolute atomic E-state index is 0.329. The quantitative estimate of drug-likeness (QED) is 0.234. The van der Waals surface area contributed by atoms with Crippen LogP contribution in [-0.4, -0.2) is 31.7 Å². The van der Waals surface area contributed by atoms with E-state index in [4.69, 9.17) is 24.4 Å². The fraction of sp³-hybridized carbons (Fsp3) is 0.143. The van der Waals surface area contributed by atoms with Gasteiger partial charge in [-0.2, -0.15) is 0 Å². The molecule has 0 saturated carbocycles. The van der Waals surface area contributed by atoms with Gasteiger partial charge in [-0.1, -0.05) is 13.2 Å². The highest BCUT2D eigenvalue weighted by Gasteiger charge is 2.00. The molecule has 0 saturated heterocycles. The number of carboxylic acid groups (broad SMARTS) is 1. The summed E-state index contributed by atoms with van der Waals surface area (Å²) in [6.45, 7) is 7.44. The molecule has 0 aromatic carbocycles. The van der Waals surface area contributed by atoms with Gasteiger partial charge in [-0.25, -0.2) is 9.36 Å². The summed E-state index contributed by atoms with van der Waals surface area (Å²) >= 11 is 0. The van der Waals surface area contributed by atoms with Crippen LogP contribution in [-0.2, 0) is 18.9 Å². The zero-order valence-corrected chi connectivity index (χ0v) is 9.33. The van der Waals surface area contributed by atoms with Crippen LogP contribution in [0.4, 0.5) is 0 Å². The molecular weight excluding hydrogens is 243 g/mol. The van der Waals surface area contributed by atoms with Crippen LogP contribution in [0.15, 0.2) is 25.5 Å². The monoisotopic (exact) mass is 256 g/mol. The second-order valence-corrected chi connectivity index (χ2v) is 2.86. The van der Waals surface area contributed by atoms with Crippen LogP contribution in [0.3, 0.4) is 0 Å². The molecule has 0 amide bonds. The van der Waals surface area contributed by atoms with E-state index in [1.807, 2.05) is 0 Å². The first-order valence-electron chi connectivity index (χ1n) is 3.46. The third-order valence-electron chi connectivity index (χ3n) is 0.424. The predicted octanol–water partition coefficient (Wildman–Crippen LogP) is 0.0214. The van der Waals surface area contributed by atoms with Crippen molar-refractivity contribution in [3.8, 4) is 0 Å². The maximum atomic E-state index is 9.75. The maximum Gasteiger partial charge on any atom is 0.466 e. The Morgan fingerprint density at radius 1 is 1.25 bits per heavy atom. The third kappa shape index (κ3) is 134. The molecule has 4 N–H and O–H groups in total. The molecule has 0 unspecified atom stereocenters. The van der Waals surface area contributed by atoms with Crippen LogP contribution in [0.5, 0.6) is 0 Å².